The summed E-state index contributed by atoms with van der Waals surface area (Å²) in [6.45, 7) is 10.1. The van der Waals surface area contributed by atoms with Crippen molar-refractivity contribution in [3.8, 4) is 0 Å². The average molecular weight is 537 g/mol. The number of rotatable bonds is 5. The molecule has 206 valence electrons. The summed E-state index contributed by atoms with van der Waals surface area (Å²) in [5.41, 5.74) is 4.19. The molecule has 0 radical (unpaired) electrons. The summed E-state index contributed by atoms with van der Waals surface area (Å²) in [7, 11) is 0. The number of aliphatic hydroxyl groups is 1. The summed E-state index contributed by atoms with van der Waals surface area (Å²) in [4.78, 5) is 36.4. The number of aliphatic hydroxyl groups excluding tert-OH is 1. The normalized spacial score (nSPS) is 12.4. The first kappa shape index (κ1) is 30.4. The molecule has 1 aliphatic carbocycles. The molecule has 1 unspecified atom stereocenters. The monoisotopic (exact) mass is 536 g/mol. The number of ketones is 3. The minimum absolute atomic E-state index is 0.0566. The maximum absolute atomic E-state index is 12.3. The topological polar surface area (TPSA) is 80.7 Å². The molecule has 0 saturated carbocycles. The highest BCUT2D eigenvalue weighted by Crippen LogP contribution is 2.27. The fourth-order valence-corrected chi connectivity index (χ4v) is 4.30. The van der Waals surface area contributed by atoms with Crippen molar-refractivity contribution in [3.63, 3.8) is 0 Å². The molecule has 0 bridgehead atoms. The Hall–Kier alpha value is -4.19. The Morgan fingerprint density at radius 2 is 1.07 bits per heavy atom. The van der Waals surface area contributed by atoms with Gasteiger partial charge in [0.25, 0.3) is 0 Å². The van der Waals surface area contributed by atoms with Crippen LogP contribution in [0.25, 0.3) is 0 Å². The van der Waals surface area contributed by atoms with Crippen LogP contribution in [0.5, 0.6) is 0 Å². The second-order valence-corrected chi connectivity index (χ2v) is 10.0. The second-order valence-electron chi connectivity index (χ2n) is 10.0. The molecule has 4 aromatic carbocycles. The number of aryl methyl sites for hydroxylation is 1. The average Bonchev–Trinajstić information content (AvgIpc) is 2.96. The van der Waals surface area contributed by atoms with E-state index in [4.69, 9.17) is 4.74 Å². The van der Waals surface area contributed by atoms with Gasteiger partial charge < -0.3 is 9.84 Å². The zero-order valence-corrected chi connectivity index (χ0v) is 23.6. The van der Waals surface area contributed by atoms with Gasteiger partial charge in [0, 0.05) is 27.8 Å². The predicted molar refractivity (Wildman–Crippen MR) is 158 cm³/mol. The number of fused-ring (bicyclic) bond motifs is 2. The lowest BCUT2D eigenvalue weighted by molar-refractivity contribution is 0.0300. The van der Waals surface area contributed by atoms with Crippen LogP contribution in [0.15, 0.2) is 103 Å². The van der Waals surface area contributed by atoms with Crippen LogP contribution < -0.4 is 0 Å². The van der Waals surface area contributed by atoms with E-state index in [0.29, 0.717) is 45.6 Å². The van der Waals surface area contributed by atoms with Crippen LogP contribution in [0.4, 0.5) is 0 Å². The molecule has 40 heavy (non-hydrogen) atoms. The number of Topliss-reactive ketones (excluding diaryl/α,β-unsaturated/α-hetero) is 1. The number of hydrogen-bond acceptors (Lipinski definition) is 5. The number of ether oxygens (including phenoxy) is 1. The summed E-state index contributed by atoms with van der Waals surface area (Å²) in [5, 5.41) is 9.89. The van der Waals surface area contributed by atoms with Crippen LogP contribution in [0.1, 0.15) is 87.1 Å². The Balaban J connectivity index is 0.000000180. The van der Waals surface area contributed by atoms with Crippen LogP contribution in [-0.2, 0) is 4.74 Å². The van der Waals surface area contributed by atoms with Gasteiger partial charge in [-0.05, 0) is 46.2 Å². The van der Waals surface area contributed by atoms with Gasteiger partial charge in [0.1, 0.15) is 6.10 Å². The van der Waals surface area contributed by atoms with E-state index < -0.39 is 6.10 Å². The molecule has 0 aromatic heterocycles. The van der Waals surface area contributed by atoms with Crippen molar-refractivity contribution >= 4 is 17.3 Å². The lowest BCUT2D eigenvalue weighted by Gasteiger charge is -2.17. The highest BCUT2D eigenvalue weighted by Gasteiger charge is 2.28. The van der Waals surface area contributed by atoms with E-state index in [2.05, 4.69) is 0 Å². The summed E-state index contributed by atoms with van der Waals surface area (Å²) in [6.07, 6.45) is -0.330. The fraction of sp³-hybridized carbons (Fsp3) is 0.229. The second kappa shape index (κ2) is 14.3. The van der Waals surface area contributed by atoms with Crippen molar-refractivity contribution in [1.82, 2.24) is 0 Å². The summed E-state index contributed by atoms with van der Waals surface area (Å²) < 4.78 is 5.25. The van der Waals surface area contributed by atoms with Crippen molar-refractivity contribution < 1.29 is 24.2 Å². The van der Waals surface area contributed by atoms with Crippen molar-refractivity contribution in [2.75, 3.05) is 0 Å². The molecule has 0 aliphatic heterocycles. The Morgan fingerprint density at radius 3 is 1.57 bits per heavy atom. The van der Waals surface area contributed by atoms with Gasteiger partial charge in [0.2, 0.25) is 0 Å². The molecule has 4 aromatic rings. The maximum atomic E-state index is 12.3. The zero-order chi connectivity index (χ0) is 29.2. The third-order valence-corrected chi connectivity index (χ3v) is 6.05. The van der Waals surface area contributed by atoms with Crippen molar-refractivity contribution in [2.24, 2.45) is 0 Å². The van der Waals surface area contributed by atoms with Crippen LogP contribution in [0.2, 0.25) is 0 Å². The van der Waals surface area contributed by atoms with Crippen molar-refractivity contribution in [3.05, 3.63) is 142 Å². The van der Waals surface area contributed by atoms with Gasteiger partial charge in [-0.15, -0.1) is 0 Å². The molecule has 5 heteroatoms. The number of benzene rings is 4. The van der Waals surface area contributed by atoms with Gasteiger partial charge in [0.05, 0.1) is 12.2 Å². The van der Waals surface area contributed by atoms with Crippen LogP contribution >= 0.6 is 0 Å². The Kier molecular flexibility index (Phi) is 10.8. The third-order valence-electron chi connectivity index (χ3n) is 6.05. The number of hydrogen-bond donors (Lipinski definition) is 1. The smallest absolute Gasteiger partial charge is 0.195 e. The number of carbonyl (C=O) groups excluding carboxylic acids is 3. The Labute approximate surface area is 236 Å². The molecule has 1 aliphatic rings. The Morgan fingerprint density at radius 1 is 0.625 bits per heavy atom. The van der Waals surface area contributed by atoms with E-state index in [0.717, 1.165) is 5.56 Å². The first-order valence-electron chi connectivity index (χ1n) is 13.4. The van der Waals surface area contributed by atoms with E-state index in [1.165, 1.54) is 0 Å². The molecule has 0 amide bonds. The highest BCUT2D eigenvalue weighted by molar-refractivity contribution is 6.28. The van der Waals surface area contributed by atoms with Crippen molar-refractivity contribution in [1.29, 1.82) is 0 Å². The minimum atomic E-state index is -1.08. The standard InChI is InChI=1S/C15H10O2.C14H12O2.C6H14O/c1-9-6-7-12-13(8-9)15(17)11-5-3-2-4-10(11)14(12)16;15-13(11-7-3-1-4-8-11)14(16)12-9-5-2-6-10-12;1-5(2)7-6(3)4/h2-8H,1H3;1-10,13,15H;5-6H,1-4H3. The van der Waals surface area contributed by atoms with Gasteiger partial charge >= 0.3 is 0 Å². The van der Waals surface area contributed by atoms with Crippen LogP contribution in [-0.4, -0.2) is 34.7 Å². The van der Waals surface area contributed by atoms with E-state index in [-0.39, 0.29) is 17.3 Å². The third kappa shape index (κ3) is 7.92. The largest absolute Gasteiger partial charge is 0.380 e. The summed E-state index contributed by atoms with van der Waals surface area (Å²) in [6, 6.07) is 30.1. The number of carbonyl (C=O) groups is 3. The molecule has 1 N–H and O–H groups in total. The fourth-order valence-electron chi connectivity index (χ4n) is 4.30. The van der Waals surface area contributed by atoms with Gasteiger partial charge in [0.15, 0.2) is 17.3 Å². The summed E-state index contributed by atoms with van der Waals surface area (Å²) in [5.74, 6) is -0.388. The molecular formula is C35H36O5. The first-order chi connectivity index (χ1) is 19.1. The van der Waals surface area contributed by atoms with E-state index in [9.17, 15) is 19.5 Å². The quantitative estimate of drug-likeness (QED) is 0.240. The molecule has 5 nitrogen and oxygen atoms in total. The molecule has 0 spiro atoms. The zero-order valence-electron chi connectivity index (χ0n) is 23.6. The van der Waals surface area contributed by atoms with Crippen LogP contribution in [0.3, 0.4) is 0 Å². The summed E-state index contributed by atoms with van der Waals surface area (Å²) >= 11 is 0. The molecule has 0 fully saturated rings. The first-order valence-corrected chi connectivity index (χ1v) is 13.4. The lowest BCUT2D eigenvalue weighted by Crippen LogP contribution is -2.20. The van der Waals surface area contributed by atoms with Gasteiger partial charge in [-0.25, -0.2) is 0 Å². The van der Waals surface area contributed by atoms with Gasteiger partial charge in [-0.3, -0.25) is 14.4 Å². The Bertz CT molecular complexity index is 1430. The van der Waals surface area contributed by atoms with Gasteiger partial charge in [-0.2, -0.15) is 0 Å². The molecule has 5 rings (SSSR count). The minimum Gasteiger partial charge on any atom is -0.380 e. The highest BCUT2D eigenvalue weighted by atomic mass is 16.5. The van der Waals surface area contributed by atoms with Crippen molar-refractivity contribution in [2.45, 2.75) is 52.9 Å². The predicted octanol–water partition coefficient (Wildman–Crippen LogP) is 7.19. The SMILES string of the molecule is CC(C)OC(C)C.Cc1ccc2c(c1)C(=O)c1ccccc1C2=O.O=C(c1ccccc1)C(O)c1ccccc1. The van der Waals surface area contributed by atoms with Crippen LogP contribution in [0, 0.1) is 6.92 Å². The molecule has 0 saturated heterocycles. The maximum Gasteiger partial charge on any atom is 0.195 e. The van der Waals surface area contributed by atoms with Gasteiger partial charge in [-0.1, -0.05) is 103 Å². The van der Waals surface area contributed by atoms with E-state index in [1.807, 2.05) is 52.8 Å². The van der Waals surface area contributed by atoms with E-state index in [1.54, 1.807) is 84.9 Å². The molecular weight excluding hydrogens is 500 g/mol. The molecule has 0 heterocycles. The van der Waals surface area contributed by atoms with E-state index >= 15 is 0 Å². The molecule has 1 atom stereocenters. The lowest BCUT2D eigenvalue weighted by atomic mass is 9.83.